The Balaban J connectivity index is 0.00000182. The number of rotatable bonds is 2. The van der Waals surface area contributed by atoms with E-state index in [-0.39, 0.29) is 23.5 Å². The predicted molar refractivity (Wildman–Crippen MR) is 106 cm³/mol. The van der Waals surface area contributed by atoms with E-state index >= 15 is 0 Å². The second-order valence-corrected chi connectivity index (χ2v) is 8.83. The molecule has 0 unspecified atom stereocenters. The third-order valence-electron chi connectivity index (χ3n) is 4.66. The first kappa shape index (κ1) is 18.3. The van der Waals surface area contributed by atoms with E-state index in [1.165, 1.54) is 21.6 Å². The average Bonchev–Trinajstić information content (AvgIpc) is 3.10. The van der Waals surface area contributed by atoms with Gasteiger partial charge in [-0.2, -0.15) is 0 Å². The zero-order chi connectivity index (χ0) is 17.1. The van der Waals surface area contributed by atoms with E-state index in [9.17, 15) is 0 Å². The van der Waals surface area contributed by atoms with Gasteiger partial charge in [0.1, 0.15) is 5.60 Å². The maximum atomic E-state index is 6.22. The molecule has 4 rings (SSSR count). The van der Waals surface area contributed by atoms with Gasteiger partial charge in [-0.15, -0.1) is 23.7 Å². The van der Waals surface area contributed by atoms with Crippen LogP contribution in [0.4, 0.5) is 0 Å². The zero-order valence-corrected chi connectivity index (χ0v) is 16.9. The smallest absolute Gasteiger partial charge is 0.166 e. The number of nitrogens with zero attached hydrogens (tertiary/aromatic N) is 1. The van der Waals surface area contributed by atoms with Gasteiger partial charge < -0.3 is 9.47 Å². The molecule has 2 aliphatic rings. The average molecular weight is 378 g/mol. The van der Waals surface area contributed by atoms with Gasteiger partial charge in [0, 0.05) is 17.5 Å². The fraction of sp³-hybridized carbons (Fsp3) is 0.450. The number of hydrogen-bond donors (Lipinski definition) is 0. The number of thiophene rings is 1. The number of ether oxygens (including phenoxy) is 2. The molecule has 25 heavy (non-hydrogen) atoms. The highest BCUT2D eigenvalue weighted by atomic mass is 35.5. The van der Waals surface area contributed by atoms with Crippen molar-refractivity contribution in [3.63, 3.8) is 0 Å². The second kappa shape index (κ2) is 6.03. The van der Waals surface area contributed by atoms with E-state index < -0.39 is 0 Å². The van der Waals surface area contributed by atoms with Crippen molar-refractivity contribution < 1.29 is 9.47 Å². The van der Waals surface area contributed by atoms with Crippen LogP contribution in [0.15, 0.2) is 28.6 Å². The normalized spacial score (nSPS) is 19.2. The standard InChI is InChI=1S/C20H23NO2S.ClH/c1-19(2)10-12-9-14(22-5)18-13(11-20(3,4)23-18)16(12)17(21-19)15-7-6-8-24-15;/h6-9H,10-11H2,1-5H3;1H. The molecule has 0 N–H and O–H groups in total. The van der Waals surface area contributed by atoms with E-state index in [1.54, 1.807) is 18.4 Å². The first-order valence-corrected chi connectivity index (χ1v) is 9.23. The lowest BCUT2D eigenvalue weighted by atomic mass is 9.82. The van der Waals surface area contributed by atoms with E-state index in [2.05, 4.69) is 51.3 Å². The Kier molecular flexibility index (Phi) is 4.41. The Morgan fingerprint density at radius 3 is 2.60 bits per heavy atom. The van der Waals surface area contributed by atoms with Crippen LogP contribution in [0.25, 0.3) is 0 Å². The molecule has 0 saturated carbocycles. The molecule has 1 aromatic carbocycles. The summed E-state index contributed by atoms with van der Waals surface area (Å²) in [6, 6.07) is 6.40. The maximum Gasteiger partial charge on any atom is 0.166 e. The SMILES string of the molecule is COc1cc2c(c3c1OC(C)(C)C3)C(c1cccs1)=NC(C)(C)C2.Cl. The van der Waals surface area contributed by atoms with Gasteiger partial charge in [-0.1, -0.05) is 6.07 Å². The highest BCUT2D eigenvalue weighted by molar-refractivity contribution is 7.12. The van der Waals surface area contributed by atoms with E-state index in [0.29, 0.717) is 0 Å². The predicted octanol–water partition coefficient (Wildman–Crippen LogP) is 5.06. The molecule has 0 spiro atoms. The van der Waals surface area contributed by atoms with Gasteiger partial charge in [-0.3, -0.25) is 4.99 Å². The molecule has 0 aliphatic carbocycles. The number of methoxy groups -OCH3 is 1. The topological polar surface area (TPSA) is 30.8 Å². The summed E-state index contributed by atoms with van der Waals surface area (Å²) in [6.07, 6.45) is 1.80. The first-order chi connectivity index (χ1) is 11.3. The molecule has 0 amide bonds. The number of aliphatic imine (C=N–C) groups is 1. The van der Waals surface area contributed by atoms with Gasteiger partial charge in [0.05, 0.1) is 23.2 Å². The molecule has 3 nitrogen and oxygen atoms in total. The molecule has 0 bridgehead atoms. The fourth-order valence-corrected chi connectivity index (χ4v) is 4.53. The number of halogens is 1. The van der Waals surface area contributed by atoms with Gasteiger partial charge in [0.25, 0.3) is 0 Å². The Morgan fingerprint density at radius 2 is 1.96 bits per heavy atom. The van der Waals surface area contributed by atoms with Crippen LogP contribution in [0.1, 0.15) is 49.3 Å². The summed E-state index contributed by atoms with van der Waals surface area (Å²) < 4.78 is 11.9. The monoisotopic (exact) mass is 377 g/mol. The third-order valence-corrected chi connectivity index (χ3v) is 5.53. The van der Waals surface area contributed by atoms with Gasteiger partial charge in [0.15, 0.2) is 11.5 Å². The van der Waals surface area contributed by atoms with Crippen molar-refractivity contribution in [1.82, 2.24) is 0 Å². The molecule has 2 aliphatic heterocycles. The number of benzene rings is 1. The summed E-state index contributed by atoms with van der Waals surface area (Å²) in [5.74, 6) is 1.74. The quantitative estimate of drug-likeness (QED) is 0.732. The molecular formula is C20H24ClNO2S. The Bertz CT molecular complexity index is 838. The summed E-state index contributed by atoms with van der Waals surface area (Å²) in [5, 5.41) is 2.11. The Hall–Kier alpha value is -1.52. The van der Waals surface area contributed by atoms with Crippen molar-refractivity contribution in [3.8, 4) is 11.5 Å². The minimum atomic E-state index is -0.210. The number of hydrogen-bond acceptors (Lipinski definition) is 4. The Labute approximate surface area is 159 Å². The summed E-state index contributed by atoms with van der Waals surface area (Å²) in [6.45, 7) is 8.66. The highest BCUT2D eigenvalue weighted by Crippen LogP contribution is 2.48. The molecule has 2 aromatic rings. The molecule has 1 aromatic heterocycles. The van der Waals surface area contributed by atoms with Crippen molar-refractivity contribution in [2.75, 3.05) is 7.11 Å². The maximum absolute atomic E-state index is 6.22. The first-order valence-electron chi connectivity index (χ1n) is 8.35. The van der Waals surface area contributed by atoms with E-state index in [0.717, 1.165) is 30.1 Å². The third kappa shape index (κ3) is 3.06. The molecule has 3 heterocycles. The van der Waals surface area contributed by atoms with E-state index in [4.69, 9.17) is 14.5 Å². The molecule has 5 heteroatoms. The van der Waals surface area contributed by atoms with Crippen LogP contribution in [-0.4, -0.2) is 24.0 Å². The molecule has 0 atom stereocenters. The number of fused-ring (bicyclic) bond motifs is 3. The Morgan fingerprint density at radius 1 is 1.20 bits per heavy atom. The zero-order valence-electron chi connectivity index (χ0n) is 15.3. The van der Waals surface area contributed by atoms with E-state index in [1.807, 2.05) is 0 Å². The van der Waals surface area contributed by atoms with Crippen molar-refractivity contribution in [1.29, 1.82) is 0 Å². The lowest BCUT2D eigenvalue weighted by Gasteiger charge is -2.30. The summed E-state index contributed by atoms with van der Waals surface area (Å²) in [4.78, 5) is 6.33. The van der Waals surface area contributed by atoms with Crippen LogP contribution in [0.3, 0.4) is 0 Å². The van der Waals surface area contributed by atoms with Gasteiger partial charge >= 0.3 is 0 Å². The molecule has 0 saturated heterocycles. The fourth-order valence-electron chi connectivity index (χ4n) is 3.81. The minimum Gasteiger partial charge on any atom is -0.493 e. The molecule has 0 radical (unpaired) electrons. The lowest BCUT2D eigenvalue weighted by molar-refractivity contribution is 0.134. The molecule has 134 valence electrons. The second-order valence-electron chi connectivity index (χ2n) is 7.89. The van der Waals surface area contributed by atoms with Crippen molar-refractivity contribution in [2.45, 2.75) is 51.7 Å². The van der Waals surface area contributed by atoms with Crippen molar-refractivity contribution in [3.05, 3.63) is 45.1 Å². The lowest BCUT2D eigenvalue weighted by Crippen LogP contribution is -2.30. The minimum absolute atomic E-state index is 0. The highest BCUT2D eigenvalue weighted by Gasteiger charge is 2.39. The van der Waals surface area contributed by atoms with Crippen LogP contribution < -0.4 is 9.47 Å². The summed E-state index contributed by atoms with van der Waals surface area (Å²) in [7, 11) is 1.72. The van der Waals surface area contributed by atoms with Crippen LogP contribution in [0, 0.1) is 0 Å². The summed E-state index contributed by atoms with van der Waals surface area (Å²) in [5.41, 5.74) is 4.61. The van der Waals surface area contributed by atoms with Crippen molar-refractivity contribution >= 4 is 29.5 Å². The molecule has 0 fully saturated rings. The van der Waals surface area contributed by atoms with Crippen molar-refractivity contribution in [2.24, 2.45) is 4.99 Å². The molecular weight excluding hydrogens is 354 g/mol. The van der Waals surface area contributed by atoms with Crippen LogP contribution in [0.2, 0.25) is 0 Å². The van der Waals surface area contributed by atoms with Crippen LogP contribution >= 0.6 is 23.7 Å². The van der Waals surface area contributed by atoms with Gasteiger partial charge in [-0.25, -0.2) is 0 Å². The van der Waals surface area contributed by atoms with Crippen LogP contribution in [-0.2, 0) is 12.8 Å². The largest absolute Gasteiger partial charge is 0.493 e. The van der Waals surface area contributed by atoms with Crippen LogP contribution in [0.5, 0.6) is 11.5 Å². The van der Waals surface area contributed by atoms with Gasteiger partial charge in [-0.05, 0) is 57.2 Å². The summed E-state index contributed by atoms with van der Waals surface area (Å²) >= 11 is 1.75. The van der Waals surface area contributed by atoms with Gasteiger partial charge in [0.2, 0.25) is 0 Å².